The van der Waals surface area contributed by atoms with Gasteiger partial charge in [-0.05, 0) is 31.6 Å². The van der Waals surface area contributed by atoms with E-state index >= 15 is 0 Å². The highest BCUT2D eigenvalue weighted by molar-refractivity contribution is 7.91. The molecule has 7 heteroatoms. The number of rotatable bonds is 5. The SMILES string of the molecule is CCCNC(=NCC1CCS(=O)(=O)C1)NC1C2CCCOC2C1(C)C. The van der Waals surface area contributed by atoms with Crippen LogP contribution in [0.15, 0.2) is 4.99 Å². The van der Waals surface area contributed by atoms with Crippen molar-refractivity contribution in [3.8, 4) is 0 Å². The maximum Gasteiger partial charge on any atom is 0.191 e. The molecule has 3 rings (SSSR count). The molecule has 0 amide bonds. The number of nitrogens with one attached hydrogen (secondary N) is 2. The summed E-state index contributed by atoms with van der Waals surface area (Å²) >= 11 is 0. The van der Waals surface area contributed by atoms with Crippen LogP contribution in [0.5, 0.6) is 0 Å². The molecule has 25 heavy (non-hydrogen) atoms. The third-order valence-corrected chi connectivity index (χ3v) is 7.84. The fraction of sp³-hybridized carbons (Fsp3) is 0.944. The molecule has 4 atom stereocenters. The van der Waals surface area contributed by atoms with Crippen molar-refractivity contribution < 1.29 is 13.2 Å². The molecule has 0 aromatic carbocycles. The van der Waals surface area contributed by atoms with E-state index < -0.39 is 9.84 Å². The molecule has 2 N–H and O–H groups in total. The first-order valence-corrected chi connectivity index (χ1v) is 11.5. The summed E-state index contributed by atoms with van der Waals surface area (Å²) in [6, 6.07) is 0.355. The molecule has 2 saturated heterocycles. The zero-order valence-electron chi connectivity index (χ0n) is 15.8. The number of aliphatic imine (C=N–C) groups is 1. The summed E-state index contributed by atoms with van der Waals surface area (Å²) in [5.74, 6) is 2.13. The Kier molecular flexibility index (Phi) is 5.63. The van der Waals surface area contributed by atoms with Crippen LogP contribution in [0.1, 0.15) is 46.5 Å². The molecule has 0 radical (unpaired) electrons. The Morgan fingerprint density at radius 1 is 1.32 bits per heavy atom. The van der Waals surface area contributed by atoms with Gasteiger partial charge in [0.05, 0.1) is 17.6 Å². The fourth-order valence-electron chi connectivity index (χ4n) is 4.60. The van der Waals surface area contributed by atoms with Gasteiger partial charge in [-0.15, -0.1) is 0 Å². The minimum absolute atomic E-state index is 0.0937. The van der Waals surface area contributed by atoms with Crippen LogP contribution in [0, 0.1) is 17.3 Å². The van der Waals surface area contributed by atoms with Gasteiger partial charge in [0.2, 0.25) is 0 Å². The maximum atomic E-state index is 11.6. The van der Waals surface area contributed by atoms with Gasteiger partial charge in [-0.25, -0.2) is 8.42 Å². The van der Waals surface area contributed by atoms with Crippen LogP contribution >= 0.6 is 0 Å². The molecule has 1 saturated carbocycles. The van der Waals surface area contributed by atoms with Crippen LogP contribution in [-0.4, -0.2) is 57.7 Å². The third-order valence-electron chi connectivity index (χ3n) is 6.00. The van der Waals surface area contributed by atoms with Crippen LogP contribution in [0.25, 0.3) is 0 Å². The lowest BCUT2D eigenvalue weighted by atomic mass is 9.55. The number of hydrogen-bond donors (Lipinski definition) is 2. The molecule has 0 aromatic heterocycles. The van der Waals surface area contributed by atoms with E-state index in [0.717, 1.165) is 38.4 Å². The van der Waals surface area contributed by atoms with E-state index in [0.29, 0.717) is 30.4 Å². The summed E-state index contributed by atoms with van der Waals surface area (Å²) in [7, 11) is -2.84. The second-order valence-corrected chi connectivity index (χ2v) is 10.7. The smallest absolute Gasteiger partial charge is 0.191 e. The molecule has 4 unspecified atom stereocenters. The number of ether oxygens (including phenoxy) is 1. The van der Waals surface area contributed by atoms with E-state index in [2.05, 4.69) is 31.4 Å². The van der Waals surface area contributed by atoms with Gasteiger partial charge in [-0.1, -0.05) is 20.8 Å². The van der Waals surface area contributed by atoms with Gasteiger partial charge in [0.15, 0.2) is 15.8 Å². The van der Waals surface area contributed by atoms with E-state index in [1.54, 1.807) is 0 Å². The molecule has 0 aromatic rings. The van der Waals surface area contributed by atoms with Crippen LogP contribution in [-0.2, 0) is 14.6 Å². The third kappa shape index (κ3) is 4.13. The lowest BCUT2D eigenvalue weighted by Crippen LogP contribution is -2.71. The first kappa shape index (κ1) is 19.0. The van der Waals surface area contributed by atoms with E-state index in [9.17, 15) is 8.42 Å². The van der Waals surface area contributed by atoms with E-state index in [-0.39, 0.29) is 17.1 Å². The number of hydrogen-bond acceptors (Lipinski definition) is 4. The van der Waals surface area contributed by atoms with Gasteiger partial charge in [-0.3, -0.25) is 4.99 Å². The van der Waals surface area contributed by atoms with Gasteiger partial charge < -0.3 is 15.4 Å². The van der Waals surface area contributed by atoms with Crippen LogP contribution in [0.3, 0.4) is 0 Å². The summed E-state index contributed by atoms with van der Waals surface area (Å²) in [6.07, 6.45) is 4.44. The number of sulfone groups is 1. The quantitative estimate of drug-likeness (QED) is 0.566. The molecule has 2 heterocycles. The largest absolute Gasteiger partial charge is 0.377 e. The van der Waals surface area contributed by atoms with E-state index in [1.807, 2.05) is 0 Å². The van der Waals surface area contributed by atoms with E-state index in [1.165, 1.54) is 6.42 Å². The van der Waals surface area contributed by atoms with Crippen molar-refractivity contribution in [2.24, 2.45) is 22.2 Å². The maximum absolute atomic E-state index is 11.6. The van der Waals surface area contributed by atoms with Crippen molar-refractivity contribution in [2.75, 3.05) is 31.2 Å². The highest BCUT2D eigenvalue weighted by atomic mass is 32.2. The Balaban J connectivity index is 1.63. The van der Waals surface area contributed by atoms with Crippen LogP contribution < -0.4 is 10.6 Å². The Hall–Kier alpha value is -0.820. The Bertz CT molecular complexity index is 603. The minimum atomic E-state index is -2.84. The van der Waals surface area contributed by atoms with E-state index in [4.69, 9.17) is 9.73 Å². The molecular weight excluding hydrogens is 338 g/mol. The zero-order chi connectivity index (χ0) is 18.1. The highest BCUT2D eigenvalue weighted by Crippen LogP contribution is 2.51. The number of nitrogens with zero attached hydrogens (tertiary/aromatic N) is 1. The summed E-state index contributed by atoms with van der Waals surface area (Å²) in [5, 5.41) is 7.03. The van der Waals surface area contributed by atoms with Crippen molar-refractivity contribution in [3.63, 3.8) is 0 Å². The average Bonchev–Trinajstić information content (AvgIpc) is 2.93. The van der Waals surface area contributed by atoms with Crippen molar-refractivity contribution in [1.82, 2.24) is 10.6 Å². The Labute approximate surface area is 152 Å². The van der Waals surface area contributed by atoms with Gasteiger partial charge >= 0.3 is 0 Å². The lowest BCUT2D eigenvalue weighted by molar-refractivity contribution is -0.188. The summed E-state index contributed by atoms with van der Waals surface area (Å²) in [6.45, 7) is 8.98. The molecule has 3 aliphatic rings. The second-order valence-electron chi connectivity index (χ2n) is 8.43. The van der Waals surface area contributed by atoms with Crippen molar-refractivity contribution in [2.45, 2.75) is 58.6 Å². The normalized spacial score (nSPS) is 36.4. The summed E-state index contributed by atoms with van der Waals surface area (Å²) in [5.41, 5.74) is 0.0937. The monoisotopic (exact) mass is 371 g/mol. The van der Waals surface area contributed by atoms with Crippen molar-refractivity contribution in [1.29, 1.82) is 0 Å². The molecule has 0 spiro atoms. The average molecular weight is 372 g/mol. The fourth-order valence-corrected chi connectivity index (χ4v) is 6.44. The van der Waals surface area contributed by atoms with Gasteiger partial charge in [0.25, 0.3) is 0 Å². The van der Waals surface area contributed by atoms with Crippen LogP contribution in [0.2, 0.25) is 0 Å². The first-order chi connectivity index (χ1) is 11.8. The molecule has 6 nitrogen and oxygen atoms in total. The molecule has 2 aliphatic heterocycles. The first-order valence-electron chi connectivity index (χ1n) is 9.70. The van der Waals surface area contributed by atoms with Crippen LogP contribution in [0.4, 0.5) is 0 Å². The zero-order valence-corrected chi connectivity index (χ0v) is 16.6. The molecule has 1 aliphatic carbocycles. The van der Waals surface area contributed by atoms with Gasteiger partial charge in [-0.2, -0.15) is 0 Å². The molecule has 3 fully saturated rings. The summed E-state index contributed by atoms with van der Waals surface area (Å²) < 4.78 is 29.3. The number of fused-ring (bicyclic) bond motifs is 1. The standard InChI is InChI=1S/C18H33N3O3S/c1-4-8-19-17(20-11-13-7-10-25(22,23)12-13)21-15-14-6-5-9-24-16(14)18(15,2)3/h13-16H,4-12H2,1-3H3,(H2,19,20,21). The Morgan fingerprint density at radius 2 is 2.12 bits per heavy atom. The summed E-state index contributed by atoms with van der Waals surface area (Å²) in [4.78, 5) is 4.72. The highest BCUT2D eigenvalue weighted by Gasteiger charge is 2.58. The topological polar surface area (TPSA) is 79.8 Å². The molecular formula is C18H33N3O3S. The van der Waals surface area contributed by atoms with Crippen molar-refractivity contribution >= 4 is 15.8 Å². The van der Waals surface area contributed by atoms with Gasteiger partial charge in [0, 0.05) is 37.1 Å². The predicted molar refractivity (Wildman–Crippen MR) is 101 cm³/mol. The lowest BCUT2D eigenvalue weighted by Gasteiger charge is -2.60. The van der Waals surface area contributed by atoms with Crippen molar-refractivity contribution in [3.05, 3.63) is 0 Å². The molecule has 144 valence electrons. The Morgan fingerprint density at radius 3 is 2.80 bits per heavy atom. The number of guanidine groups is 1. The minimum Gasteiger partial charge on any atom is -0.377 e. The molecule has 0 bridgehead atoms. The van der Waals surface area contributed by atoms with Gasteiger partial charge in [0.1, 0.15) is 0 Å². The second kappa shape index (κ2) is 7.43. The predicted octanol–water partition coefficient (Wildman–Crippen LogP) is 1.57.